The van der Waals surface area contributed by atoms with Crippen LogP contribution in [0.25, 0.3) is 10.4 Å². The van der Waals surface area contributed by atoms with Crippen molar-refractivity contribution in [3.05, 3.63) is 45.5 Å². The highest BCUT2D eigenvalue weighted by atomic mass is 79.9. The van der Waals surface area contributed by atoms with Crippen LogP contribution in [0.3, 0.4) is 0 Å². The first-order valence-corrected chi connectivity index (χ1v) is 8.02. The van der Waals surface area contributed by atoms with Crippen LogP contribution in [0, 0.1) is 11.7 Å². The molecule has 1 atom stereocenters. The largest absolute Gasteiger partial charge is 0.312 e. The lowest BCUT2D eigenvalue weighted by Crippen LogP contribution is -2.16. The van der Waals surface area contributed by atoms with Gasteiger partial charge in [0.25, 0.3) is 0 Å². The molecule has 2 aromatic rings. The van der Waals surface area contributed by atoms with E-state index in [4.69, 9.17) is 0 Å². The standard InChI is InChI=1S/C15H15BrFNS/c1-18-15(9-2-3-9)14-7-6-13(19-14)11-8-10(17)4-5-12(11)16/h4-9,15,18H,2-3H2,1H3. The lowest BCUT2D eigenvalue weighted by molar-refractivity contribution is 0.537. The number of rotatable bonds is 4. The maximum atomic E-state index is 13.4. The summed E-state index contributed by atoms with van der Waals surface area (Å²) < 4.78 is 14.3. The van der Waals surface area contributed by atoms with E-state index in [1.807, 2.05) is 7.05 Å². The molecular weight excluding hydrogens is 325 g/mol. The van der Waals surface area contributed by atoms with Crippen molar-refractivity contribution < 1.29 is 4.39 Å². The van der Waals surface area contributed by atoms with E-state index in [1.165, 1.54) is 23.8 Å². The molecule has 19 heavy (non-hydrogen) atoms. The fourth-order valence-corrected chi connectivity index (χ4v) is 4.22. The summed E-state index contributed by atoms with van der Waals surface area (Å²) in [4.78, 5) is 2.46. The average Bonchev–Trinajstić information content (AvgIpc) is 3.11. The Morgan fingerprint density at radius 1 is 1.32 bits per heavy atom. The van der Waals surface area contributed by atoms with E-state index >= 15 is 0 Å². The SMILES string of the molecule is CNC(c1ccc(-c2cc(F)ccc2Br)s1)C1CC1. The van der Waals surface area contributed by atoms with Crippen molar-refractivity contribution in [1.29, 1.82) is 0 Å². The fraction of sp³-hybridized carbons (Fsp3) is 0.333. The molecule has 4 heteroatoms. The third kappa shape index (κ3) is 2.76. The number of hydrogen-bond donors (Lipinski definition) is 1. The molecule has 100 valence electrons. The zero-order valence-corrected chi connectivity index (χ0v) is 13.0. The number of halogens is 2. The van der Waals surface area contributed by atoms with E-state index in [-0.39, 0.29) is 5.82 Å². The second-order valence-electron chi connectivity index (χ2n) is 4.93. The molecule has 1 aromatic carbocycles. The molecule has 1 unspecified atom stereocenters. The molecule has 0 amide bonds. The molecule has 0 aliphatic heterocycles. The second kappa shape index (κ2) is 5.35. The summed E-state index contributed by atoms with van der Waals surface area (Å²) in [5.74, 6) is 0.577. The lowest BCUT2D eigenvalue weighted by Gasteiger charge is -2.12. The Morgan fingerprint density at radius 3 is 2.79 bits per heavy atom. The molecule has 1 N–H and O–H groups in total. The molecule has 1 aliphatic rings. The van der Waals surface area contributed by atoms with Gasteiger partial charge in [-0.2, -0.15) is 0 Å². The third-order valence-electron chi connectivity index (χ3n) is 3.53. The van der Waals surface area contributed by atoms with Crippen LogP contribution in [-0.2, 0) is 0 Å². The minimum Gasteiger partial charge on any atom is -0.312 e. The van der Waals surface area contributed by atoms with Crippen LogP contribution >= 0.6 is 27.3 Å². The molecule has 0 saturated heterocycles. The summed E-state index contributed by atoms with van der Waals surface area (Å²) in [7, 11) is 2.01. The first kappa shape index (κ1) is 13.3. The van der Waals surface area contributed by atoms with Gasteiger partial charge in [0.05, 0.1) is 0 Å². The van der Waals surface area contributed by atoms with Gasteiger partial charge in [0.15, 0.2) is 0 Å². The van der Waals surface area contributed by atoms with Gasteiger partial charge >= 0.3 is 0 Å². The quantitative estimate of drug-likeness (QED) is 0.827. The van der Waals surface area contributed by atoms with Gasteiger partial charge in [-0.1, -0.05) is 15.9 Å². The van der Waals surface area contributed by atoms with Crippen molar-refractivity contribution in [1.82, 2.24) is 5.32 Å². The normalized spacial score (nSPS) is 16.6. The Morgan fingerprint density at radius 2 is 2.11 bits per heavy atom. The Labute approximate surface area is 125 Å². The second-order valence-corrected chi connectivity index (χ2v) is 6.90. The van der Waals surface area contributed by atoms with Crippen LogP contribution in [0.2, 0.25) is 0 Å². The zero-order valence-electron chi connectivity index (χ0n) is 10.6. The molecule has 1 saturated carbocycles. The molecule has 1 aromatic heterocycles. The summed E-state index contributed by atoms with van der Waals surface area (Å²) in [5.41, 5.74) is 0.932. The first-order chi connectivity index (χ1) is 9.19. The van der Waals surface area contributed by atoms with E-state index in [1.54, 1.807) is 23.5 Å². The summed E-state index contributed by atoms with van der Waals surface area (Å²) >= 11 is 5.25. The highest BCUT2D eigenvalue weighted by Gasteiger charge is 2.32. The third-order valence-corrected chi connectivity index (χ3v) is 5.42. The molecular formula is C15H15BrFNS. The van der Waals surface area contributed by atoms with Gasteiger partial charge < -0.3 is 5.32 Å². The predicted molar refractivity (Wildman–Crippen MR) is 81.9 cm³/mol. The Kier molecular flexibility index (Phi) is 3.74. The zero-order chi connectivity index (χ0) is 13.4. The number of benzene rings is 1. The predicted octanol–water partition coefficient (Wildman–Crippen LogP) is 4.99. The topological polar surface area (TPSA) is 12.0 Å². The van der Waals surface area contributed by atoms with E-state index in [0.717, 1.165) is 20.8 Å². The highest BCUT2D eigenvalue weighted by Crippen LogP contribution is 2.44. The van der Waals surface area contributed by atoms with Crippen molar-refractivity contribution >= 4 is 27.3 Å². The van der Waals surface area contributed by atoms with Crippen LogP contribution in [0.1, 0.15) is 23.8 Å². The van der Waals surface area contributed by atoms with Crippen LogP contribution in [0.5, 0.6) is 0 Å². The van der Waals surface area contributed by atoms with Crippen LogP contribution in [-0.4, -0.2) is 7.05 Å². The number of hydrogen-bond acceptors (Lipinski definition) is 2. The van der Waals surface area contributed by atoms with Crippen LogP contribution in [0.15, 0.2) is 34.8 Å². The molecule has 1 heterocycles. The Hall–Kier alpha value is -0.710. The summed E-state index contributed by atoms with van der Waals surface area (Å²) in [6.07, 6.45) is 2.62. The van der Waals surface area contributed by atoms with E-state index in [2.05, 4.69) is 33.4 Å². The van der Waals surface area contributed by atoms with Gasteiger partial charge in [-0.15, -0.1) is 11.3 Å². The van der Waals surface area contributed by atoms with E-state index in [0.29, 0.717) is 6.04 Å². The van der Waals surface area contributed by atoms with Crippen molar-refractivity contribution in [2.75, 3.05) is 7.05 Å². The maximum absolute atomic E-state index is 13.4. The maximum Gasteiger partial charge on any atom is 0.123 e. The van der Waals surface area contributed by atoms with Gasteiger partial charge in [-0.3, -0.25) is 0 Å². The van der Waals surface area contributed by atoms with E-state index in [9.17, 15) is 4.39 Å². The molecule has 0 bridgehead atoms. The highest BCUT2D eigenvalue weighted by molar-refractivity contribution is 9.10. The molecule has 0 radical (unpaired) electrons. The molecule has 3 rings (SSSR count). The minimum atomic E-state index is -0.194. The molecule has 1 aliphatic carbocycles. The molecule has 1 fully saturated rings. The van der Waals surface area contributed by atoms with Crippen molar-refractivity contribution in [2.45, 2.75) is 18.9 Å². The monoisotopic (exact) mass is 339 g/mol. The van der Waals surface area contributed by atoms with Gasteiger partial charge in [0.2, 0.25) is 0 Å². The van der Waals surface area contributed by atoms with E-state index < -0.39 is 0 Å². The first-order valence-electron chi connectivity index (χ1n) is 6.41. The smallest absolute Gasteiger partial charge is 0.123 e. The Bertz CT molecular complexity index is 592. The number of nitrogens with one attached hydrogen (secondary N) is 1. The minimum absolute atomic E-state index is 0.194. The summed E-state index contributed by atoms with van der Waals surface area (Å²) in [6, 6.07) is 9.53. The molecule has 1 nitrogen and oxygen atoms in total. The Balaban J connectivity index is 1.94. The summed E-state index contributed by atoms with van der Waals surface area (Å²) in [6.45, 7) is 0. The van der Waals surface area contributed by atoms with Crippen LogP contribution < -0.4 is 5.32 Å². The summed E-state index contributed by atoms with van der Waals surface area (Å²) in [5, 5.41) is 3.40. The van der Waals surface area contributed by atoms with Crippen LogP contribution in [0.4, 0.5) is 4.39 Å². The lowest BCUT2D eigenvalue weighted by atomic mass is 10.1. The van der Waals surface area contributed by atoms with Gasteiger partial charge in [-0.05, 0) is 56.1 Å². The average molecular weight is 340 g/mol. The van der Waals surface area contributed by atoms with Gasteiger partial charge in [0.1, 0.15) is 5.82 Å². The van der Waals surface area contributed by atoms with Gasteiger partial charge in [-0.25, -0.2) is 4.39 Å². The van der Waals surface area contributed by atoms with Crippen molar-refractivity contribution in [2.24, 2.45) is 5.92 Å². The molecule has 0 spiro atoms. The van der Waals surface area contributed by atoms with Crippen molar-refractivity contribution in [3.63, 3.8) is 0 Å². The van der Waals surface area contributed by atoms with Gasteiger partial charge in [0, 0.05) is 25.8 Å². The fourth-order valence-electron chi connectivity index (χ4n) is 2.39. The van der Waals surface area contributed by atoms with Crippen molar-refractivity contribution in [3.8, 4) is 10.4 Å². The number of thiophene rings is 1.